The lowest BCUT2D eigenvalue weighted by molar-refractivity contribution is 1.02. The highest BCUT2D eigenvalue weighted by atomic mass is 15.2. The fourth-order valence-corrected chi connectivity index (χ4v) is 0.174. The Labute approximate surface area is 42.9 Å². The van der Waals surface area contributed by atoms with Crippen LogP contribution in [-0.2, 0) is 0 Å². The molecular formula is C4H9N3. The molecule has 3 heteroatoms. The third kappa shape index (κ3) is 2.99. The first kappa shape index (κ1) is 6.17. The van der Waals surface area contributed by atoms with Crippen molar-refractivity contribution in [3.05, 3.63) is 12.8 Å². The van der Waals surface area contributed by atoms with Gasteiger partial charge in [-0.25, -0.2) is 10.8 Å². The van der Waals surface area contributed by atoms with Gasteiger partial charge in [0.25, 0.3) is 0 Å². The maximum absolute atomic E-state index is 4.93. The average molecular weight is 99.1 g/mol. The number of hydrogen-bond donors (Lipinski definition) is 2. The summed E-state index contributed by atoms with van der Waals surface area (Å²) in [4.78, 5) is 3.69. The molecule has 40 valence electrons. The van der Waals surface area contributed by atoms with Crippen molar-refractivity contribution in [2.45, 2.75) is 6.92 Å². The summed E-state index contributed by atoms with van der Waals surface area (Å²) in [6, 6.07) is 0. The third-order valence-corrected chi connectivity index (χ3v) is 0.494. The van der Waals surface area contributed by atoms with E-state index >= 15 is 0 Å². The minimum absolute atomic E-state index is 0.662. The van der Waals surface area contributed by atoms with Crippen LogP contribution in [0.15, 0.2) is 17.8 Å². The van der Waals surface area contributed by atoms with Crippen molar-refractivity contribution >= 4 is 5.84 Å². The second-order valence-electron chi connectivity index (χ2n) is 1.04. The van der Waals surface area contributed by atoms with Gasteiger partial charge in [0.15, 0.2) is 0 Å². The quantitative estimate of drug-likeness (QED) is 0.210. The van der Waals surface area contributed by atoms with Crippen LogP contribution in [0.4, 0.5) is 0 Å². The van der Waals surface area contributed by atoms with Gasteiger partial charge in [-0.05, 0) is 6.92 Å². The largest absolute Gasteiger partial charge is 0.312 e. The summed E-state index contributed by atoms with van der Waals surface area (Å²) in [5.74, 6) is 5.59. The Hall–Kier alpha value is -0.830. The Balaban J connectivity index is 3.49. The van der Waals surface area contributed by atoms with Crippen molar-refractivity contribution in [3.8, 4) is 0 Å². The Kier molecular flexibility index (Phi) is 2.96. The van der Waals surface area contributed by atoms with Crippen LogP contribution in [-0.4, -0.2) is 5.84 Å². The van der Waals surface area contributed by atoms with Crippen molar-refractivity contribution < 1.29 is 0 Å². The van der Waals surface area contributed by atoms with Crippen LogP contribution in [0.3, 0.4) is 0 Å². The molecule has 0 bridgehead atoms. The summed E-state index contributed by atoms with van der Waals surface area (Å²) in [5, 5.41) is 0. The number of hydrogen-bond acceptors (Lipinski definition) is 2. The van der Waals surface area contributed by atoms with Crippen LogP contribution in [0, 0.1) is 0 Å². The molecule has 0 aromatic carbocycles. The van der Waals surface area contributed by atoms with Gasteiger partial charge in [0.1, 0.15) is 5.84 Å². The first-order valence-corrected chi connectivity index (χ1v) is 1.93. The molecule has 0 atom stereocenters. The zero-order valence-electron chi connectivity index (χ0n) is 4.31. The molecule has 0 saturated carbocycles. The van der Waals surface area contributed by atoms with Gasteiger partial charge in [0.2, 0.25) is 0 Å². The maximum atomic E-state index is 4.93. The lowest BCUT2D eigenvalue weighted by atomic mass is 10.7. The monoisotopic (exact) mass is 99.1 g/mol. The van der Waals surface area contributed by atoms with E-state index in [0.717, 1.165) is 0 Å². The highest BCUT2D eigenvalue weighted by Crippen LogP contribution is 1.67. The van der Waals surface area contributed by atoms with Gasteiger partial charge in [-0.15, -0.1) is 0 Å². The van der Waals surface area contributed by atoms with E-state index in [1.165, 1.54) is 6.20 Å². The van der Waals surface area contributed by atoms with Crippen molar-refractivity contribution in [1.29, 1.82) is 0 Å². The third-order valence-electron chi connectivity index (χ3n) is 0.494. The van der Waals surface area contributed by atoms with Crippen molar-refractivity contribution in [2.75, 3.05) is 0 Å². The Bertz CT molecular complexity index is 84.9. The molecule has 7 heavy (non-hydrogen) atoms. The molecule has 0 fully saturated rings. The molecule has 0 spiro atoms. The van der Waals surface area contributed by atoms with Gasteiger partial charge in [-0.1, -0.05) is 6.58 Å². The minimum atomic E-state index is 0.662. The van der Waals surface area contributed by atoms with E-state index < -0.39 is 0 Å². The summed E-state index contributed by atoms with van der Waals surface area (Å²) in [7, 11) is 0. The van der Waals surface area contributed by atoms with E-state index in [-0.39, 0.29) is 0 Å². The van der Waals surface area contributed by atoms with Gasteiger partial charge in [0.05, 0.1) is 0 Å². The van der Waals surface area contributed by atoms with Gasteiger partial charge in [0, 0.05) is 6.20 Å². The van der Waals surface area contributed by atoms with Crippen LogP contribution in [0.2, 0.25) is 0 Å². The molecule has 0 amide bonds. The molecule has 0 unspecified atom stereocenters. The van der Waals surface area contributed by atoms with Gasteiger partial charge < -0.3 is 5.43 Å². The topological polar surface area (TPSA) is 50.4 Å². The first-order valence-electron chi connectivity index (χ1n) is 1.93. The molecule has 0 aliphatic rings. The Morgan fingerprint density at radius 3 is 2.71 bits per heavy atom. The molecule has 0 rings (SSSR count). The number of nitrogens with one attached hydrogen (secondary N) is 1. The number of amidine groups is 1. The fourth-order valence-electron chi connectivity index (χ4n) is 0.174. The van der Waals surface area contributed by atoms with Crippen LogP contribution in [0.25, 0.3) is 0 Å². The van der Waals surface area contributed by atoms with Crippen LogP contribution in [0.1, 0.15) is 6.92 Å². The van der Waals surface area contributed by atoms with Crippen molar-refractivity contribution in [3.63, 3.8) is 0 Å². The van der Waals surface area contributed by atoms with E-state index in [1.54, 1.807) is 6.92 Å². The number of hydrazine groups is 1. The van der Waals surface area contributed by atoms with Crippen molar-refractivity contribution in [1.82, 2.24) is 5.43 Å². The van der Waals surface area contributed by atoms with Gasteiger partial charge in [-0.2, -0.15) is 0 Å². The second-order valence-corrected chi connectivity index (χ2v) is 1.04. The summed E-state index contributed by atoms with van der Waals surface area (Å²) in [5.41, 5.74) is 2.34. The first-order chi connectivity index (χ1) is 3.31. The standard InChI is InChI=1S/C4H9N3/c1-3-6-4(2)7-5/h3H,1,5H2,2H3,(H,6,7). The van der Waals surface area contributed by atoms with Crippen LogP contribution in [0.5, 0.6) is 0 Å². The zero-order valence-corrected chi connectivity index (χ0v) is 4.31. The fraction of sp³-hybridized carbons (Fsp3) is 0.250. The Morgan fingerprint density at radius 2 is 2.57 bits per heavy atom. The predicted molar refractivity (Wildman–Crippen MR) is 30.6 cm³/mol. The van der Waals surface area contributed by atoms with E-state index in [0.29, 0.717) is 5.84 Å². The van der Waals surface area contributed by atoms with Crippen LogP contribution < -0.4 is 11.3 Å². The molecule has 0 heterocycles. The van der Waals surface area contributed by atoms with E-state index in [1.807, 2.05) is 0 Å². The number of nitrogens with two attached hydrogens (primary N) is 1. The van der Waals surface area contributed by atoms with Crippen molar-refractivity contribution in [2.24, 2.45) is 10.8 Å². The smallest absolute Gasteiger partial charge is 0.112 e. The highest BCUT2D eigenvalue weighted by molar-refractivity contribution is 5.79. The summed E-state index contributed by atoms with van der Waals surface area (Å²) >= 11 is 0. The van der Waals surface area contributed by atoms with E-state index in [9.17, 15) is 0 Å². The molecule has 3 nitrogen and oxygen atoms in total. The van der Waals surface area contributed by atoms with Gasteiger partial charge >= 0.3 is 0 Å². The Morgan fingerprint density at radius 1 is 2.00 bits per heavy atom. The predicted octanol–water partition coefficient (Wildman–Crippen LogP) is 0.0116. The molecule has 0 aromatic rings. The summed E-state index contributed by atoms with van der Waals surface area (Å²) < 4.78 is 0. The van der Waals surface area contributed by atoms with Crippen LogP contribution >= 0.6 is 0 Å². The normalized spacial score (nSPS) is 10.9. The second kappa shape index (κ2) is 3.36. The number of aliphatic imine (C=N–C) groups is 1. The molecule has 0 aliphatic carbocycles. The molecule has 0 aromatic heterocycles. The zero-order chi connectivity index (χ0) is 5.70. The lowest BCUT2D eigenvalue weighted by Crippen LogP contribution is -2.27. The number of nitrogens with zero attached hydrogens (tertiary/aromatic N) is 1. The maximum Gasteiger partial charge on any atom is 0.112 e. The molecule has 3 N–H and O–H groups in total. The minimum Gasteiger partial charge on any atom is -0.312 e. The van der Waals surface area contributed by atoms with Gasteiger partial charge in [-0.3, -0.25) is 0 Å². The summed E-state index contributed by atoms with van der Waals surface area (Å²) in [6.45, 7) is 5.12. The average Bonchev–Trinajstić information content (AvgIpc) is 1.68. The highest BCUT2D eigenvalue weighted by Gasteiger charge is 1.73. The number of rotatable bonds is 1. The van der Waals surface area contributed by atoms with E-state index in [2.05, 4.69) is 17.0 Å². The molecule has 0 radical (unpaired) electrons. The molecule has 0 aliphatic heterocycles. The summed E-state index contributed by atoms with van der Waals surface area (Å²) in [6.07, 6.45) is 1.43. The molecule has 0 saturated heterocycles. The molecular weight excluding hydrogens is 90.1 g/mol. The van der Waals surface area contributed by atoms with E-state index in [4.69, 9.17) is 5.84 Å². The SMILES string of the molecule is C=C/N=C(\C)NN. The lowest BCUT2D eigenvalue weighted by Gasteiger charge is -1.90.